The monoisotopic (exact) mass is 387 g/mol. The fourth-order valence-electron chi connectivity index (χ4n) is 3.68. The molecule has 1 amide bonds. The molecule has 4 rings (SSSR count). The van der Waals surface area contributed by atoms with Crippen molar-refractivity contribution in [2.24, 2.45) is 0 Å². The van der Waals surface area contributed by atoms with E-state index in [1.54, 1.807) is 30.6 Å². The van der Waals surface area contributed by atoms with Gasteiger partial charge in [0.15, 0.2) is 0 Å². The minimum Gasteiger partial charge on any atom is -0.441 e. The van der Waals surface area contributed by atoms with E-state index in [2.05, 4.69) is 10.3 Å². The van der Waals surface area contributed by atoms with Gasteiger partial charge in [-0.2, -0.15) is 4.31 Å². The lowest BCUT2D eigenvalue weighted by molar-refractivity contribution is 0.0460. The summed E-state index contributed by atoms with van der Waals surface area (Å²) in [5, 5.41) is 2.68. The largest absolute Gasteiger partial charge is 0.441 e. The fraction of sp³-hybridized carbons (Fsp3) is 0.368. The van der Waals surface area contributed by atoms with Gasteiger partial charge in [-0.3, -0.25) is 4.98 Å². The van der Waals surface area contributed by atoms with E-state index in [1.807, 2.05) is 18.2 Å². The number of carbonyl (C=O) groups is 1. The van der Waals surface area contributed by atoms with Gasteiger partial charge in [-0.05, 0) is 36.6 Å². The summed E-state index contributed by atoms with van der Waals surface area (Å²) in [7, 11) is -3.62. The topological polar surface area (TPSA) is 88.6 Å². The number of nitrogens with zero attached hydrogens (tertiary/aromatic N) is 2. The molecule has 1 aromatic carbocycles. The first kappa shape index (κ1) is 17.9. The summed E-state index contributed by atoms with van der Waals surface area (Å²) in [6, 6.07) is 10.6. The second-order valence-corrected chi connectivity index (χ2v) is 8.89. The summed E-state index contributed by atoms with van der Waals surface area (Å²) in [4.78, 5) is 15.8. The highest BCUT2D eigenvalue weighted by Crippen LogP contribution is 2.32. The third-order valence-corrected chi connectivity index (χ3v) is 7.08. The Kier molecular flexibility index (Phi) is 4.61. The molecule has 3 heterocycles. The second-order valence-electron chi connectivity index (χ2n) is 6.95. The Morgan fingerprint density at radius 2 is 1.96 bits per heavy atom. The van der Waals surface area contributed by atoms with Crippen molar-refractivity contribution in [3.63, 3.8) is 0 Å². The number of alkyl carbamates (subject to hydrolysis) is 1. The molecule has 1 N–H and O–H groups in total. The van der Waals surface area contributed by atoms with Gasteiger partial charge in [0.25, 0.3) is 0 Å². The van der Waals surface area contributed by atoms with Crippen LogP contribution in [-0.2, 0) is 14.8 Å². The first-order valence-corrected chi connectivity index (χ1v) is 10.4. The van der Waals surface area contributed by atoms with Crippen LogP contribution in [0.1, 0.15) is 19.3 Å². The number of hydrogen-bond donors (Lipinski definition) is 1. The first-order chi connectivity index (χ1) is 13.0. The SMILES string of the molecule is O=C1NCC2(CCCN(S(=O)(=O)c3cccc(-c4cccnc4)c3)CC2)O1. The third kappa shape index (κ3) is 3.54. The minimum absolute atomic E-state index is 0.265. The standard InChI is InChI=1S/C19H21N3O4S/c23-18-21-14-19(26-18)7-3-10-22(11-8-19)27(24,25)17-6-1-4-15(12-17)16-5-2-9-20-13-16/h1-2,4-6,9,12-13H,3,7-8,10-11,14H2,(H,21,23). The van der Waals surface area contributed by atoms with Crippen molar-refractivity contribution in [3.05, 3.63) is 48.8 Å². The first-order valence-electron chi connectivity index (χ1n) is 8.96. The molecule has 0 saturated carbocycles. The van der Waals surface area contributed by atoms with Gasteiger partial charge in [-0.15, -0.1) is 0 Å². The van der Waals surface area contributed by atoms with Gasteiger partial charge in [-0.25, -0.2) is 13.2 Å². The molecule has 2 fully saturated rings. The van der Waals surface area contributed by atoms with Crippen LogP contribution >= 0.6 is 0 Å². The molecular weight excluding hydrogens is 366 g/mol. The average Bonchev–Trinajstić information content (AvgIpc) is 2.92. The molecular formula is C19H21N3O4S. The number of rotatable bonds is 3. The van der Waals surface area contributed by atoms with Crippen LogP contribution in [0, 0.1) is 0 Å². The van der Waals surface area contributed by atoms with E-state index in [1.165, 1.54) is 4.31 Å². The zero-order chi connectivity index (χ0) is 18.9. The summed E-state index contributed by atoms with van der Waals surface area (Å²) in [6.45, 7) is 1.18. The molecule has 1 atom stereocenters. The highest BCUT2D eigenvalue weighted by atomic mass is 32.2. The summed E-state index contributed by atoms with van der Waals surface area (Å²) in [5.74, 6) is 0. The molecule has 2 aliphatic heterocycles. The zero-order valence-corrected chi connectivity index (χ0v) is 15.6. The molecule has 1 aromatic heterocycles. The van der Waals surface area contributed by atoms with E-state index in [4.69, 9.17) is 4.74 Å². The number of pyridine rings is 1. The normalized spacial score (nSPS) is 23.6. The average molecular weight is 387 g/mol. The van der Waals surface area contributed by atoms with Crippen molar-refractivity contribution in [1.82, 2.24) is 14.6 Å². The number of sulfonamides is 1. The maximum absolute atomic E-state index is 13.2. The van der Waals surface area contributed by atoms with Gasteiger partial charge in [0, 0.05) is 37.5 Å². The van der Waals surface area contributed by atoms with Crippen molar-refractivity contribution in [1.29, 1.82) is 0 Å². The van der Waals surface area contributed by atoms with E-state index in [9.17, 15) is 13.2 Å². The molecule has 2 aliphatic rings. The Morgan fingerprint density at radius 3 is 2.70 bits per heavy atom. The van der Waals surface area contributed by atoms with Crippen molar-refractivity contribution < 1.29 is 17.9 Å². The minimum atomic E-state index is -3.62. The van der Waals surface area contributed by atoms with Crippen LogP contribution in [0.5, 0.6) is 0 Å². The van der Waals surface area contributed by atoms with Crippen molar-refractivity contribution in [2.75, 3.05) is 19.6 Å². The lowest BCUT2D eigenvalue weighted by atomic mass is 9.95. The fourth-order valence-corrected chi connectivity index (χ4v) is 5.21. The van der Waals surface area contributed by atoms with Crippen LogP contribution in [0.15, 0.2) is 53.7 Å². The zero-order valence-electron chi connectivity index (χ0n) is 14.8. The molecule has 142 valence electrons. The van der Waals surface area contributed by atoms with Crippen LogP contribution in [0.4, 0.5) is 4.79 Å². The third-order valence-electron chi connectivity index (χ3n) is 5.19. The van der Waals surface area contributed by atoms with Crippen LogP contribution in [0.25, 0.3) is 11.1 Å². The number of ether oxygens (including phenoxy) is 1. The molecule has 2 saturated heterocycles. The Bertz CT molecular complexity index is 948. The molecule has 1 unspecified atom stereocenters. The van der Waals surface area contributed by atoms with Crippen LogP contribution in [0.2, 0.25) is 0 Å². The van der Waals surface area contributed by atoms with Crippen molar-refractivity contribution in [2.45, 2.75) is 29.8 Å². The smallest absolute Gasteiger partial charge is 0.407 e. The molecule has 27 heavy (non-hydrogen) atoms. The van der Waals surface area contributed by atoms with Crippen LogP contribution in [0.3, 0.4) is 0 Å². The van der Waals surface area contributed by atoms with Gasteiger partial charge < -0.3 is 10.1 Å². The highest BCUT2D eigenvalue weighted by Gasteiger charge is 2.43. The van der Waals surface area contributed by atoms with E-state index in [0.29, 0.717) is 38.9 Å². The highest BCUT2D eigenvalue weighted by molar-refractivity contribution is 7.89. The summed E-state index contributed by atoms with van der Waals surface area (Å²) >= 11 is 0. The predicted octanol–water partition coefficient (Wildman–Crippen LogP) is 2.40. The number of carbonyl (C=O) groups excluding carboxylic acids is 1. The van der Waals surface area contributed by atoms with E-state index < -0.39 is 21.7 Å². The molecule has 0 aliphatic carbocycles. The summed E-state index contributed by atoms with van der Waals surface area (Å²) in [5.41, 5.74) is 1.09. The Labute approximate surface area is 158 Å². The van der Waals surface area contributed by atoms with E-state index in [-0.39, 0.29) is 4.90 Å². The maximum atomic E-state index is 13.2. The maximum Gasteiger partial charge on any atom is 0.407 e. The van der Waals surface area contributed by atoms with E-state index in [0.717, 1.165) is 11.1 Å². The molecule has 7 nitrogen and oxygen atoms in total. The summed E-state index contributed by atoms with van der Waals surface area (Å²) < 4.78 is 33.3. The van der Waals surface area contributed by atoms with Gasteiger partial charge in [-0.1, -0.05) is 18.2 Å². The van der Waals surface area contributed by atoms with Gasteiger partial charge >= 0.3 is 6.09 Å². The molecule has 1 spiro atoms. The second kappa shape index (κ2) is 6.94. The molecule has 8 heteroatoms. The quantitative estimate of drug-likeness (QED) is 0.874. The van der Waals surface area contributed by atoms with Gasteiger partial charge in [0.1, 0.15) is 5.60 Å². The lowest BCUT2D eigenvalue weighted by Crippen LogP contribution is -2.36. The molecule has 0 bridgehead atoms. The Morgan fingerprint density at radius 1 is 1.11 bits per heavy atom. The lowest BCUT2D eigenvalue weighted by Gasteiger charge is -2.24. The van der Waals surface area contributed by atoms with Gasteiger partial charge in [0.2, 0.25) is 10.0 Å². The van der Waals surface area contributed by atoms with E-state index >= 15 is 0 Å². The number of aromatic nitrogens is 1. The van der Waals surface area contributed by atoms with Crippen LogP contribution in [-0.4, -0.2) is 49.0 Å². The Balaban J connectivity index is 1.58. The Hall–Kier alpha value is -2.45. The van der Waals surface area contributed by atoms with Crippen LogP contribution < -0.4 is 5.32 Å². The number of nitrogens with one attached hydrogen (secondary N) is 1. The number of benzene rings is 1. The van der Waals surface area contributed by atoms with Gasteiger partial charge in [0.05, 0.1) is 11.4 Å². The van der Waals surface area contributed by atoms with Crippen molar-refractivity contribution in [3.8, 4) is 11.1 Å². The van der Waals surface area contributed by atoms with Crippen molar-refractivity contribution >= 4 is 16.1 Å². The number of hydrogen-bond acceptors (Lipinski definition) is 5. The molecule has 0 radical (unpaired) electrons. The number of amides is 1. The predicted molar refractivity (Wildman–Crippen MR) is 99.5 cm³/mol. The molecule has 2 aromatic rings. The summed E-state index contributed by atoms with van der Waals surface area (Å²) in [6.07, 6.45) is 4.78.